The zero-order valence-electron chi connectivity index (χ0n) is 21.4. The van der Waals surface area contributed by atoms with Crippen molar-refractivity contribution >= 4 is 16.0 Å². The second kappa shape index (κ2) is 12.0. The van der Waals surface area contributed by atoms with Crippen LogP contribution in [0, 0.1) is 5.82 Å². The minimum absolute atomic E-state index is 0.100. The van der Waals surface area contributed by atoms with Crippen molar-refractivity contribution in [1.29, 1.82) is 0 Å². The highest BCUT2D eigenvalue weighted by Gasteiger charge is 2.28. The molecule has 0 spiro atoms. The van der Waals surface area contributed by atoms with Gasteiger partial charge in [-0.25, -0.2) is 4.39 Å². The van der Waals surface area contributed by atoms with E-state index in [0.717, 1.165) is 41.0 Å². The molecule has 0 aliphatic heterocycles. The normalized spacial score (nSPS) is 11.3. The van der Waals surface area contributed by atoms with Gasteiger partial charge in [-0.2, -0.15) is 8.42 Å². The van der Waals surface area contributed by atoms with Gasteiger partial charge in [-0.05, 0) is 65.2 Å². The lowest BCUT2D eigenvalue weighted by Crippen LogP contribution is -2.34. The first-order valence-electron chi connectivity index (χ1n) is 12.6. The Morgan fingerprint density at radius 2 is 1.35 bits per heavy atom. The molecule has 5 aromatic rings. The van der Waals surface area contributed by atoms with Gasteiger partial charge in [-0.1, -0.05) is 72.8 Å². The van der Waals surface area contributed by atoms with Crippen molar-refractivity contribution < 1.29 is 26.2 Å². The fourth-order valence-corrected chi connectivity index (χ4v) is 5.33. The molecule has 6 nitrogen and oxygen atoms in total. The van der Waals surface area contributed by atoms with E-state index in [4.69, 9.17) is 8.60 Å². The molecule has 4 aromatic carbocycles. The average Bonchev–Trinajstić information content (AvgIpc) is 3.48. The lowest BCUT2D eigenvalue weighted by Gasteiger charge is -2.28. The Hall–Kier alpha value is -4.69. The lowest BCUT2D eigenvalue weighted by molar-refractivity contribution is -0.133. The zero-order chi connectivity index (χ0) is 28.0. The van der Waals surface area contributed by atoms with E-state index in [-0.39, 0.29) is 29.6 Å². The monoisotopic (exact) mass is 555 g/mol. The molecule has 1 aromatic heterocycles. The molecule has 0 atom stereocenters. The molecule has 8 heteroatoms. The Kier molecular flexibility index (Phi) is 8.07. The summed E-state index contributed by atoms with van der Waals surface area (Å²) in [7, 11) is -4.13. The van der Waals surface area contributed by atoms with Crippen LogP contribution in [-0.4, -0.2) is 19.2 Å². The molecule has 0 N–H and O–H groups in total. The summed E-state index contributed by atoms with van der Waals surface area (Å²) in [4.78, 5) is 15.7. The maximum Gasteiger partial charge on any atom is 0.339 e. The number of benzene rings is 4. The average molecular weight is 556 g/mol. The third-order valence-corrected chi connectivity index (χ3v) is 7.62. The maximum atomic E-state index is 14.2. The summed E-state index contributed by atoms with van der Waals surface area (Å²) >= 11 is 0. The summed E-state index contributed by atoms with van der Waals surface area (Å²) in [6, 6.07) is 33.7. The predicted octanol–water partition coefficient (Wildman–Crippen LogP) is 6.55. The van der Waals surface area contributed by atoms with E-state index in [2.05, 4.69) is 0 Å². The molecular weight excluding hydrogens is 529 g/mol. The molecule has 0 radical (unpaired) electrons. The van der Waals surface area contributed by atoms with Gasteiger partial charge in [0.1, 0.15) is 22.2 Å². The van der Waals surface area contributed by atoms with Gasteiger partial charge in [0.05, 0.1) is 18.7 Å². The van der Waals surface area contributed by atoms with E-state index in [9.17, 15) is 17.6 Å². The van der Waals surface area contributed by atoms with Gasteiger partial charge in [0.15, 0.2) is 0 Å². The number of hydrogen-bond donors (Lipinski definition) is 0. The van der Waals surface area contributed by atoms with Gasteiger partial charge in [-0.15, -0.1) is 0 Å². The van der Waals surface area contributed by atoms with Crippen LogP contribution in [0.25, 0.3) is 0 Å². The Morgan fingerprint density at radius 3 is 1.90 bits per heavy atom. The molecule has 40 heavy (non-hydrogen) atoms. The molecule has 0 saturated carbocycles. The van der Waals surface area contributed by atoms with Crippen LogP contribution in [0.4, 0.5) is 4.39 Å². The Bertz CT molecular complexity index is 1600. The van der Waals surface area contributed by atoms with E-state index in [1.807, 2.05) is 66.7 Å². The topological polar surface area (TPSA) is 76.8 Å². The number of rotatable bonds is 10. The first-order chi connectivity index (χ1) is 19.4. The second-order valence-electron chi connectivity index (χ2n) is 9.16. The van der Waals surface area contributed by atoms with Crippen molar-refractivity contribution in [3.63, 3.8) is 0 Å². The summed E-state index contributed by atoms with van der Waals surface area (Å²) in [6.45, 7) is 0.500. The third-order valence-electron chi connectivity index (χ3n) is 6.36. The van der Waals surface area contributed by atoms with Gasteiger partial charge in [0, 0.05) is 6.54 Å². The summed E-state index contributed by atoms with van der Waals surface area (Å²) in [5, 5.41) is 0. The van der Waals surface area contributed by atoms with Crippen LogP contribution in [0.15, 0.2) is 137 Å². The van der Waals surface area contributed by atoms with Crippen molar-refractivity contribution in [3.8, 4) is 5.75 Å². The molecule has 5 rings (SSSR count). The quantitative estimate of drug-likeness (QED) is 0.183. The van der Waals surface area contributed by atoms with E-state index in [0.29, 0.717) is 5.76 Å². The highest BCUT2D eigenvalue weighted by atomic mass is 32.2. The Morgan fingerprint density at radius 1 is 0.750 bits per heavy atom. The fourth-order valence-electron chi connectivity index (χ4n) is 4.40. The van der Waals surface area contributed by atoms with Gasteiger partial charge in [0.25, 0.3) is 0 Å². The Labute approximate surface area is 232 Å². The number of halogens is 1. The van der Waals surface area contributed by atoms with E-state index in [1.54, 1.807) is 29.4 Å². The van der Waals surface area contributed by atoms with E-state index < -0.39 is 21.9 Å². The van der Waals surface area contributed by atoms with Crippen LogP contribution in [0.1, 0.15) is 28.4 Å². The van der Waals surface area contributed by atoms with E-state index in [1.165, 1.54) is 12.1 Å². The number of carbonyl (C=O) groups excluding carboxylic acids is 1. The number of nitrogens with zero attached hydrogens (tertiary/aromatic N) is 1. The summed E-state index contributed by atoms with van der Waals surface area (Å²) in [6.07, 6.45) is 1.57. The highest BCUT2D eigenvalue weighted by Crippen LogP contribution is 2.29. The third kappa shape index (κ3) is 6.47. The van der Waals surface area contributed by atoms with Crippen molar-refractivity contribution in [1.82, 2.24) is 4.90 Å². The van der Waals surface area contributed by atoms with Crippen molar-refractivity contribution in [2.75, 3.05) is 0 Å². The molecule has 1 heterocycles. The van der Waals surface area contributed by atoms with Crippen LogP contribution in [0.3, 0.4) is 0 Å². The van der Waals surface area contributed by atoms with Crippen LogP contribution in [-0.2, 0) is 28.0 Å². The molecule has 0 saturated heterocycles. The fraction of sp³-hybridized carbons (Fsp3) is 0.0938. The minimum atomic E-state index is -4.13. The predicted molar refractivity (Wildman–Crippen MR) is 148 cm³/mol. The summed E-state index contributed by atoms with van der Waals surface area (Å²) in [5.41, 5.74) is 2.52. The maximum absolute atomic E-state index is 14.2. The number of amides is 1. The number of furan rings is 1. The highest BCUT2D eigenvalue weighted by molar-refractivity contribution is 7.87. The van der Waals surface area contributed by atoms with Gasteiger partial charge < -0.3 is 13.5 Å². The molecule has 0 unspecified atom stereocenters. The first-order valence-corrected chi connectivity index (χ1v) is 14.0. The molecular formula is C32H26FNO5S. The lowest BCUT2D eigenvalue weighted by atomic mass is 9.90. The second-order valence-corrected chi connectivity index (χ2v) is 10.7. The molecule has 1 amide bonds. The van der Waals surface area contributed by atoms with Crippen molar-refractivity contribution in [2.45, 2.75) is 23.9 Å². The minimum Gasteiger partial charge on any atom is -0.467 e. The SMILES string of the molecule is O=C(C(c1ccccc1)c1ccccc1)N(Cc1ccc(OS(=O)(=O)c2ccc(F)cc2)cc1)Cc1ccco1. The number of carbonyl (C=O) groups is 1. The molecule has 0 bridgehead atoms. The van der Waals surface area contributed by atoms with Crippen LogP contribution in [0.5, 0.6) is 5.75 Å². The van der Waals surface area contributed by atoms with Crippen molar-refractivity contribution in [3.05, 3.63) is 156 Å². The van der Waals surface area contributed by atoms with Gasteiger partial charge in [0.2, 0.25) is 5.91 Å². The van der Waals surface area contributed by atoms with Crippen LogP contribution < -0.4 is 4.18 Å². The van der Waals surface area contributed by atoms with Gasteiger partial charge >= 0.3 is 10.1 Å². The molecule has 0 fully saturated rings. The first kappa shape index (κ1) is 26.9. The zero-order valence-corrected chi connectivity index (χ0v) is 22.2. The van der Waals surface area contributed by atoms with Crippen molar-refractivity contribution in [2.24, 2.45) is 0 Å². The largest absolute Gasteiger partial charge is 0.467 e. The number of hydrogen-bond acceptors (Lipinski definition) is 5. The Balaban J connectivity index is 1.40. The summed E-state index contributed by atoms with van der Waals surface area (Å²) in [5.74, 6) is -0.436. The molecule has 202 valence electrons. The molecule has 0 aliphatic rings. The van der Waals surface area contributed by atoms with Gasteiger partial charge in [-0.3, -0.25) is 4.79 Å². The standard InChI is InChI=1S/C32H26FNO5S/c33-27-15-19-30(20-16-27)40(36,37)39-28-17-13-24(14-18-28)22-34(23-29-12-7-21-38-29)32(35)31(25-8-3-1-4-9-25)26-10-5-2-6-11-26/h1-21,31H,22-23H2. The van der Waals surface area contributed by atoms with Crippen LogP contribution >= 0.6 is 0 Å². The van der Waals surface area contributed by atoms with E-state index >= 15 is 0 Å². The summed E-state index contributed by atoms with van der Waals surface area (Å²) < 4.78 is 49.1. The molecule has 0 aliphatic carbocycles. The van der Waals surface area contributed by atoms with Crippen LogP contribution in [0.2, 0.25) is 0 Å². The smallest absolute Gasteiger partial charge is 0.339 e.